The Morgan fingerprint density at radius 3 is 2.69 bits per heavy atom. The molecular formula is C21H20ClN3O3S. The Morgan fingerprint density at radius 1 is 1.10 bits per heavy atom. The predicted octanol–water partition coefficient (Wildman–Crippen LogP) is 3.76. The highest BCUT2D eigenvalue weighted by molar-refractivity contribution is 7.08. The average Bonchev–Trinajstić information content (AvgIpc) is 3.24. The highest BCUT2D eigenvalue weighted by atomic mass is 35.5. The molecule has 0 aliphatic rings. The van der Waals surface area contributed by atoms with Crippen LogP contribution in [0.25, 0.3) is 0 Å². The van der Waals surface area contributed by atoms with Crippen molar-refractivity contribution in [2.75, 3.05) is 11.9 Å². The number of nitrogens with zero attached hydrogens (tertiary/aromatic N) is 1. The quantitative estimate of drug-likeness (QED) is 0.535. The van der Waals surface area contributed by atoms with Crippen LogP contribution in [0.4, 0.5) is 5.69 Å². The van der Waals surface area contributed by atoms with Crippen molar-refractivity contribution in [2.24, 2.45) is 0 Å². The molecule has 0 bridgehead atoms. The number of rotatable bonds is 8. The molecule has 0 fully saturated rings. The zero-order valence-electron chi connectivity index (χ0n) is 15.6. The molecule has 0 radical (unpaired) electrons. The van der Waals surface area contributed by atoms with E-state index in [1.807, 2.05) is 23.6 Å². The molecule has 0 saturated heterocycles. The Morgan fingerprint density at radius 2 is 1.93 bits per heavy atom. The zero-order chi connectivity index (χ0) is 20.6. The van der Waals surface area contributed by atoms with E-state index in [0.29, 0.717) is 35.8 Å². The van der Waals surface area contributed by atoms with E-state index in [0.717, 1.165) is 5.56 Å². The van der Waals surface area contributed by atoms with Crippen LogP contribution < -0.4 is 16.2 Å². The van der Waals surface area contributed by atoms with Crippen LogP contribution in [0.15, 0.2) is 64.2 Å². The number of thiophene rings is 1. The number of pyridine rings is 1. The van der Waals surface area contributed by atoms with E-state index in [9.17, 15) is 14.4 Å². The van der Waals surface area contributed by atoms with Crippen LogP contribution in [0.5, 0.6) is 0 Å². The minimum absolute atomic E-state index is 0.140. The number of amides is 2. The number of carbonyl (C=O) groups excluding carboxylic acids is 2. The van der Waals surface area contributed by atoms with Crippen LogP contribution in [0, 0.1) is 0 Å². The third-order valence-corrected chi connectivity index (χ3v) is 5.27. The maximum absolute atomic E-state index is 12.2. The van der Waals surface area contributed by atoms with E-state index < -0.39 is 0 Å². The summed E-state index contributed by atoms with van der Waals surface area (Å²) in [5.74, 6) is -0.323. The average molecular weight is 430 g/mol. The lowest BCUT2D eigenvalue weighted by Gasteiger charge is -2.11. The van der Waals surface area contributed by atoms with Gasteiger partial charge in [-0.2, -0.15) is 11.3 Å². The first-order chi connectivity index (χ1) is 14.0. The number of aromatic nitrogens is 1. The van der Waals surface area contributed by atoms with Gasteiger partial charge in [0.2, 0.25) is 5.91 Å². The van der Waals surface area contributed by atoms with Crippen LogP contribution in [0.2, 0.25) is 5.02 Å². The second-order valence-corrected chi connectivity index (χ2v) is 7.58. The van der Waals surface area contributed by atoms with E-state index in [-0.39, 0.29) is 23.8 Å². The molecule has 0 unspecified atom stereocenters. The third-order valence-electron chi connectivity index (χ3n) is 4.22. The Balaban J connectivity index is 1.50. The van der Waals surface area contributed by atoms with Crippen molar-refractivity contribution in [3.63, 3.8) is 0 Å². The fourth-order valence-electron chi connectivity index (χ4n) is 2.71. The molecule has 2 amide bonds. The summed E-state index contributed by atoms with van der Waals surface area (Å²) in [5, 5.41) is 9.77. The van der Waals surface area contributed by atoms with Crippen LogP contribution in [0.3, 0.4) is 0 Å². The fraction of sp³-hybridized carbons (Fsp3) is 0.190. The Hall–Kier alpha value is -2.90. The topological polar surface area (TPSA) is 80.2 Å². The van der Waals surface area contributed by atoms with Crippen molar-refractivity contribution >= 4 is 40.4 Å². The van der Waals surface area contributed by atoms with Crippen molar-refractivity contribution in [3.05, 3.63) is 85.9 Å². The summed E-state index contributed by atoms with van der Waals surface area (Å²) >= 11 is 7.62. The molecule has 6 nitrogen and oxygen atoms in total. The van der Waals surface area contributed by atoms with Crippen LogP contribution >= 0.6 is 22.9 Å². The fourth-order valence-corrected chi connectivity index (χ4v) is 3.54. The third kappa shape index (κ3) is 6.04. The molecule has 0 aliphatic heterocycles. The molecule has 0 atom stereocenters. The molecule has 8 heteroatoms. The minimum Gasteiger partial charge on any atom is -0.352 e. The van der Waals surface area contributed by atoms with Gasteiger partial charge in [0.05, 0.1) is 12.2 Å². The van der Waals surface area contributed by atoms with Crippen molar-refractivity contribution in [1.82, 2.24) is 9.88 Å². The maximum atomic E-state index is 12.2. The summed E-state index contributed by atoms with van der Waals surface area (Å²) in [7, 11) is 0. The van der Waals surface area contributed by atoms with Crippen molar-refractivity contribution < 1.29 is 9.59 Å². The van der Waals surface area contributed by atoms with Gasteiger partial charge < -0.3 is 15.2 Å². The van der Waals surface area contributed by atoms with Crippen molar-refractivity contribution in [2.45, 2.75) is 19.4 Å². The molecule has 29 heavy (non-hydrogen) atoms. The smallest absolute Gasteiger partial charge is 0.252 e. The van der Waals surface area contributed by atoms with Gasteiger partial charge in [0.1, 0.15) is 0 Å². The summed E-state index contributed by atoms with van der Waals surface area (Å²) < 4.78 is 1.50. The monoisotopic (exact) mass is 429 g/mol. The lowest BCUT2D eigenvalue weighted by Crippen LogP contribution is -2.25. The van der Waals surface area contributed by atoms with Crippen molar-refractivity contribution in [1.29, 1.82) is 0 Å². The molecular weight excluding hydrogens is 410 g/mol. The second-order valence-electron chi connectivity index (χ2n) is 6.39. The van der Waals surface area contributed by atoms with Crippen LogP contribution in [0.1, 0.15) is 28.8 Å². The number of benzene rings is 1. The zero-order valence-corrected chi connectivity index (χ0v) is 17.1. The molecule has 3 rings (SSSR count). The highest BCUT2D eigenvalue weighted by Gasteiger charge is 2.08. The summed E-state index contributed by atoms with van der Waals surface area (Å²) in [6.07, 6.45) is 2.37. The first-order valence-electron chi connectivity index (χ1n) is 9.07. The van der Waals surface area contributed by atoms with Gasteiger partial charge >= 0.3 is 0 Å². The van der Waals surface area contributed by atoms with E-state index >= 15 is 0 Å². The molecule has 2 heterocycles. The largest absolute Gasteiger partial charge is 0.352 e. The van der Waals surface area contributed by atoms with Gasteiger partial charge in [0.25, 0.3) is 11.5 Å². The molecule has 150 valence electrons. The van der Waals surface area contributed by atoms with Gasteiger partial charge in [-0.1, -0.05) is 29.8 Å². The van der Waals surface area contributed by atoms with Crippen molar-refractivity contribution in [3.8, 4) is 0 Å². The predicted molar refractivity (Wildman–Crippen MR) is 116 cm³/mol. The number of carbonyl (C=O) groups is 2. The minimum atomic E-state index is -0.183. The maximum Gasteiger partial charge on any atom is 0.252 e. The molecule has 1 aromatic carbocycles. The number of hydrogen-bond acceptors (Lipinski definition) is 4. The molecule has 3 aromatic rings. The van der Waals surface area contributed by atoms with Crippen LogP contribution in [-0.4, -0.2) is 22.9 Å². The van der Waals surface area contributed by atoms with Gasteiger partial charge in [0.15, 0.2) is 0 Å². The van der Waals surface area contributed by atoms with E-state index in [1.165, 1.54) is 22.0 Å². The lowest BCUT2D eigenvalue weighted by atomic mass is 10.2. The summed E-state index contributed by atoms with van der Waals surface area (Å²) in [6.45, 7) is 0.727. The van der Waals surface area contributed by atoms with Gasteiger partial charge in [0, 0.05) is 41.2 Å². The van der Waals surface area contributed by atoms with Gasteiger partial charge in [-0.05, 0) is 35.6 Å². The number of halogens is 1. The standard InChI is InChI=1S/C21H20ClN3O3S/c22-18-5-2-1-4-15(18)12-25-13-17(7-8-20(25)27)24-19(26)6-3-10-23-21(28)16-9-11-29-14-16/h1-2,4-5,7-9,11,13-14H,3,6,10,12H2,(H,23,28)(H,24,26). The van der Waals surface area contributed by atoms with Gasteiger partial charge in [-0.25, -0.2) is 0 Å². The van der Waals surface area contributed by atoms with E-state index in [4.69, 9.17) is 11.6 Å². The SMILES string of the molecule is O=C(CCCNC(=O)c1ccsc1)Nc1ccc(=O)n(Cc2ccccc2Cl)c1. The molecule has 0 spiro atoms. The first-order valence-corrected chi connectivity index (χ1v) is 10.4. The highest BCUT2D eigenvalue weighted by Crippen LogP contribution is 2.16. The molecule has 0 aliphatic carbocycles. The summed E-state index contributed by atoms with van der Waals surface area (Å²) in [4.78, 5) is 36.1. The van der Waals surface area contributed by atoms with E-state index in [2.05, 4.69) is 10.6 Å². The Kier molecular flexibility index (Phi) is 7.21. The second kappa shape index (κ2) is 10.0. The normalized spacial score (nSPS) is 10.5. The number of anilines is 1. The Bertz CT molecular complexity index is 1050. The summed E-state index contributed by atoms with van der Waals surface area (Å²) in [5.41, 5.74) is 1.80. The Labute approximate surface area is 177 Å². The molecule has 2 N–H and O–H groups in total. The number of hydrogen-bond donors (Lipinski definition) is 2. The summed E-state index contributed by atoms with van der Waals surface area (Å²) in [6, 6.07) is 12.0. The van der Waals surface area contributed by atoms with E-state index in [1.54, 1.807) is 29.8 Å². The van der Waals surface area contributed by atoms with Gasteiger partial charge in [-0.3, -0.25) is 14.4 Å². The van der Waals surface area contributed by atoms with Gasteiger partial charge in [-0.15, -0.1) is 0 Å². The number of nitrogens with one attached hydrogen (secondary N) is 2. The van der Waals surface area contributed by atoms with Crippen LogP contribution in [-0.2, 0) is 11.3 Å². The first kappa shape index (κ1) is 20.8. The molecule has 2 aromatic heterocycles. The lowest BCUT2D eigenvalue weighted by molar-refractivity contribution is -0.116. The molecule has 0 saturated carbocycles.